The zero-order valence-corrected chi connectivity index (χ0v) is 13.2. The molecular weight excluding hydrogens is 276 g/mol. The zero-order chi connectivity index (χ0) is 15.2. The van der Waals surface area contributed by atoms with Crippen LogP contribution >= 0.6 is 0 Å². The van der Waals surface area contributed by atoms with Crippen LogP contribution in [0.25, 0.3) is 11.3 Å². The lowest BCUT2D eigenvalue weighted by Crippen LogP contribution is -2.26. The van der Waals surface area contributed by atoms with Gasteiger partial charge in [-0.1, -0.05) is 37.3 Å². The number of ether oxygens (including phenoxy) is 1. The molecule has 0 saturated carbocycles. The van der Waals surface area contributed by atoms with Gasteiger partial charge in [-0.2, -0.15) is 15.0 Å². The summed E-state index contributed by atoms with van der Waals surface area (Å²) in [5.41, 5.74) is 3.12. The standard InChI is InChI=1S/C17H24N4O/c1-2-10-21-19-16(13-18-12-15-9-6-11-22-15)17(20-21)14-7-4-3-5-8-14/h3-5,7-8,15,18H,2,6,9-13H2,1H3/t15-/m1/s1. The Morgan fingerprint density at radius 2 is 2.14 bits per heavy atom. The highest BCUT2D eigenvalue weighted by atomic mass is 16.5. The molecule has 118 valence electrons. The Hall–Kier alpha value is -1.72. The molecule has 1 aliphatic heterocycles. The third kappa shape index (κ3) is 3.72. The fourth-order valence-corrected chi connectivity index (χ4v) is 2.78. The summed E-state index contributed by atoms with van der Waals surface area (Å²) in [6.45, 7) is 5.50. The highest BCUT2D eigenvalue weighted by molar-refractivity contribution is 5.60. The topological polar surface area (TPSA) is 52.0 Å². The van der Waals surface area contributed by atoms with Gasteiger partial charge in [-0.3, -0.25) is 0 Å². The van der Waals surface area contributed by atoms with E-state index in [0.29, 0.717) is 6.10 Å². The molecule has 22 heavy (non-hydrogen) atoms. The first-order valence-corrected chi connectivity index (χ1v) is 8.18. The van der Waals surface area contributed by atoms with Crippen LogP contribution in [0.2, 0.25) is 0 Å². The van der Waals surface area contributed by atoms with Gasteiger partial charge in [0, 0.05) is 25.3 Å². The van der Waals surface area contributed by atoms with E-state index in [4.69, 9.17) is 4.74 Å². The van der Waals surface area contributed by atoms with Crippen molar-refractivity contribution in [3.63, 3.8) is 0 Å². The maximum absolute atomic E-state index is 5.65. The van der Waals surface area contributed by atoms with Crippen molar-refractivity contribution in [1.29, 1.82) is 0 Å². The summed E-state index contributed by atoms with van der Waals surface area (Å²) in [6.07, 6.45) is 3.71. The molecule has 0 radical (unpaired) electrons. The van der Waals surface area contributed by atoms with E-state index in [2.05, 4.69) is 34.6 Å². The smallest absolute Gasteiger partial charge is 0.117 e. The second-order valence-corrected chi connectivity index (χ2v) is 5.72. The molecule has 1 aromatic heterocycles. The summed E-state index contributed by atoms with van der Waals surface area (Å²) >= 11 is 0. The Balaban J connectivity index is 1.70. The van der Waals surface area contributed by atoms with Crippen molar-refractivity contribution >= 4 is 0 Å². The van der Waals surface area contributed by atoms with E-state index < -0.39 is 0 Å². The lowest BCUT2D eigenvalue weighted by molar-refractivity contribution is 0.110. The van der Waals surface area contributed by atoms with Gasteiger partial charge in [-0.05, 0) is 19.3 Å². The predicted octanol–water partition coefficient (Wildman–Crippen LogP) is 2.62. The highest BCUT2D eigenvalue weighted by Gasteiger charge is 2.16. The lowest BCUT2D eigenvalue weighted by atomic mass is 10.1. The van der Waals surface area contributed by atoms with Gasteiger partial charge in [-0.25, -0.2) is 0 Å². The number of aryl methyl sites for hydroxylation is 1. The molecule has 1 N–H and O–H groups in total. The largest absolute Gasteiger partial charge is 0.377 e. The van der Waals surface area contributed by atoms with Gasteiger partial charge in [-0.15, -0.1) is 0 Å². The number of benzene rings is 1. The van der Waals surface area contributed by atoms with E-state index in [1.807, 2.05) is 23.0 Å². The number of hydrogen-bond donors (Lipinski definition) is 1. The van der Waals surface area contributed by atoms with Crippen molar-refractivity contribution in [2.24, 2.45) is 0 Å². The first kappa shape index (κ1) is 15.2. The summed E-state index contributed by atoms with van der Waals surface area (Å²) in [6, 6.07) is 10.3. The second-order valence-electron chi connectivity index (χ2n) is 5.72. The molecule has 1 aromatic carbocycles. The van der Waals surface area contributed by atoms with Crippen LogP contribution in [0.1, 0.15) is 31.9 Å². The van der Waals surface area contributed by atoms with E-state index in [0.717, 1.165) is 56.0 Å². The molecule has 2 aromatic rings. The molecular formula is C17H24N4O. The SMILES string of the molecule is CCCn1nc(CNC[C@H]2CCCO2)c(-c2ccccc2)n1. The monoisotopic (exact) mass is 300 g/mol. The van der Waals surface area contributed by atoms with Crippen molar-refractivity contribution in [1.82, 2.24) is 20.3 Å². The average Bonchev–Trinajstić information content (AvgIpc) is 3.19. The van der Waals surface area contributed by atoms with Crippen LogP contribution in [-0.2, 0) is 17.8 Å². The summed E-state index contributed by atoms with van der Waals surface area (Å²) in [7, 11) is 0. The molecule has 1 saturated heterocycles. The van der Waals surface area contributed by atoms with Gasteiger partial charge in [0.2, 0.25) is 0 Å². The van der Waals surface area contributed by atoms with Crippen molar-refractivity contribution in [3.8, 4) is 11.3 Å². The Morgan fingerprint density at radius 3 is 2.86 bits per heavy atom. The molecule has 1 atom stereocenters. The maximum Gasteiger partial charge on any atom is 0.117 e. The first-order chi connectivity index (χ1) is 10.9. The van der Waals surface area contributed by atoms with E-state index in [1.54, 1.807) is 0 Å². The number of nitrogens with zero attached hydrogens (tertiary/aromatic N) is 3. The highest BCUT2D eigenvalue weighted by Crippen LogP contribution is 2.20. The third-order valence-electron chi connectivity index (χ3n) is 3.88. The molecule has 0 spiro atoms. The molecule has 3 rings (SSSR count). The van der Waals surface area contributed by atoms with E-state index in [-0.39, 0.29) is 0 Å². The van der Waals surface area contributed by atoms with Gasteiger partial charge in [0.1, 0.15) is 11.4 Å². The third-order valence-corrected chi connectivity index (χ3v) is 3.88. The number of aromatic nitrogens is 3. The van der Waals surface area contributed by atoms with Crippen LogP contribution in [0.15, 0.2) is 30.3 Å². The molecule has 0 bridgehead atoms. The number of rotatable bonds is 7. The minimum atomic E-state index is 0.353. The van der Waals surface area contributed by atoms with Gasteiger partial charge in [0.25, 0.3) is 0 Å². The number of nitrogens with one attached hydrogen (secondary N) is 1. The lowest BCUT2D eigenvalue weighted by Gasteiger charge is -2.10. The van der Waals surface area contributed by atoms with Crippen LogP contribution in [0.4, 0.5) is 0 Å². The molecule has 0 unspecified atom stereocenters. The molecule has 1 aliphatic rings. The van der Waals surface area contributed by atoms with Crippen LogP contribution < -0.4 is 5.32 Å². The van der Waals surface area contributed by atoms with Gasteiger partial charge < -0.3 is 10.1 Å². The van der Waals surface area contributed by atoms with Crippen LogP contribution in [-0.4, -0.2) is 34.2 Å². The second kappa shape index (κ2) is 7.51. The van der Waals surface area contributed by atoms with Gasteiger partial charge >= 0.3 is 0 Å². The fourth-order valence-electron chi connectivity index (χ4n) is 2.78. The minimum Gasteiger partial charge on any atom is -0.377 e. The van der Waals surface area contributed by atoms with E-state index in [9.17, 15) is 0 Å². The molecule has 5 nitrogen and oxygen atoms in total. The fraction of sp³-hybridized carbons (Fsp3) is 0.529. The molecule has 5 heteroatoms. The molecule has 1 fully saturated rings. The predicted molar refractivity (Wildman–Crippen MR) is 86.4 cm³/mol. The minimum absolute atomic E-state index is 0.353. The maximum atomic E-state index is 5.65. The molecule has 0 amide bonds. The molecule has 2 heterocycles. The number of hydrogen-bond acceptors (Lipinski definition) is 4. The van der Waals surface area contributed by atoms with E-state index in [1.165, 1.54) is 6.42 Å². The zero-order valence-electron chi connectivity index (χ0n) is 13.2. The average molecular weight is 300 g/mol. The Morgan fingerprint density at radius 1 is 1.27 bits per heavy atom. The normalized spacial score (nSPS) is 18.0. The quantitative estimate of drug-likeness (QED) is 0.854. The van der Waals surface area contributed by atoms with Gasteiger partial charge in [0.15, 0.2) is 0 Å². The van der Waals surface area contributed by atoms with Gasteiger partial charge in [0.05, 0.1) is 12.6 Å². The van der Waals surface area contributed by atoms with Crippen molar-refractivity contribution < 1.29 is 4.74 Å². The first-order valence-electron chi connectivity index (χ1n) is 8.18. The van der Waals surface area contributed by atoms with Crippen LogP contribution in [0.5, 0.6) is 0 Å². The Labute approximate surface area is 131 Å². The van der Waals surface area contributed by atoms with Crippen LogP contribution in [0, 0.1) is 0 Å². The summed E-state index contributed by atoms with van der Waals surface area (Å²) < 4.78 is 5.65. The van der Waals surface area contributed by atoms with E-state index >= 15 is 0 Å². The van der Waals surface area contributed by atoms with Crippen molar-refractivity contribution in [2.75, 3.05) is 13.2 Å². The summed E-state index contributed by atoms with van der Waals surface area (Å²) in [5.74, 6) is 0. The summed E-state index contributed by atoms with van der Waals surface area (Å²) in [5, 5.41) is 12.8. The summed E-state index contributed by atoms with van der Waals surface area (Å²) in [4.78, 5) is 1.81. The Bertz CT molecular complexity index is 576. The molecule has 0 aliphatic carbocycles. The Kier molecular flexibility index (Phi) is 5.19. The van der Waals surface area contributed by atoms with Crippen molar-refractivity contribution in [2.45, 2.75) is 45.4 Å². The van der Waals surface area contributed by atoms with Crippen LogP contribution in [0.3, 0.4) is 0 Å². The van der Waals surface area contributed by atoms with Crippen molar-refractivity contribution in [3.05, 3.63) is 36.0 Å².